The summed E-state index contributed by atoms with van der Waals surface area (Å²) >= 11 is 1.59. The third-order valence-corrected chi connectivity index (χ3v) is 4.80. The number of piperidine rings is 1. The Morgan fingerprint density at radius 2 is 2.00 bits per heavy atom. The number of nitriles is 1. The fraction of sp³-hybridized carbons (Fsp3) is 0.692. The van der Waals surface area contributed by atoms with Crippen LogP contribution in [-0.4, -0.2) is 18.1 Å². The van der Waals surface area contributed by atoms with Gasteiger partial charge in [0.25, 0.3) is 0 Å². The lowest BCUT2D eigenvalue weighted by Crippen LogP contribution is -2.32. The molecule has 0 bridgehead atoms. The predicted octanol–water partition coefficient (Wildman–Crippen LogP) is 3.13. The van der Waals surface area contributed by atoms with E-state index in [-0.39, 0.29) is 0 Å². The molecule has 0 amide bonds. The first-order valence-corrected chi connectivity index (χ1v) is 7.25. The highest BCUT2D eigenvalue weighted by Crippen LogP contribution is 2.44. The number of rotatable bonds is 2. The fourth-order valence-electron chi connectivity index (χ4n) is 2.37. The summed E-state index contributed by atoms with van der Waals surface area (Å²) in [6.07, 6.45) is 4.93. The maximum absolute atomic E-state index is 9.15. The average Bonchev–Trinajstić information content (AvgIpc) is 3.10. The summed E-state index contributed by atoms with van der Waals surface area (Å²) in [5, 5.41) is 10.2. The standard InChI is InChI=1S/C13H17N3S/c1-9-4-6-16(7-5-9)13-15-12(10-2-3-10)11(8-14)17-13/h9-10H,2-7H2,1H3. The molecule has 2 aliphatic rings. The van der Waals surface area contributed by atoms with E-state index in [1.54, 1.807) is 11.3 Å². The molecule has 3 rings (SSSR count). The summed E-state index contributed by atoms with van der Waals surface area (Å²) in [4.78, 5) is 7.92. The third-order valence-electron chi connectivity index (χ3n) is 3.76. The van der Waals surface area contributed by atoms with Crippen LogP contribution in [0.5, 0.6) is 0 Å². The van der Waals surface area contributed by atoms with Crippen molar-refractivity contribution >= 4 is 16.5 Å². The van der Waals surface area contributed by atoms with E-state index >= 15 is 0 Å². The Morgan fingerprint density at radius 3 is 2.59 bits per heavy atom. The highest BCUT2D eigenvalue weighted by atomic mass is 32.1. The molecule has 0 spiro atoms. The topological polar surface area (TPSA) is 39.9 Å². The minimum Gasteiger partial charge on any atom is -0.348 e. The van der Waals surface area contributed by atoms with E-state index in [4.69, 9.17) is 10.2 Å². The van der Waals surface area contributed by atoms with Gasteiger partial charge in [-0.2, -0.15) is 5.26 Å². The molecule has 3 nitrogen and oxygen atoms in total. The van der Waals surface area contributed by atoms with E-state index < -0.39 is 0 Å². The van der Waals surface area contributed by atoms with Gasteiger partial charge in [-0.15, -0.1) is 0 Å². The lowest BCUT2D eigenvalue weighted by molar-refractivity contribution is 0.438. The van der Waals surface area contributed by atoms with Crippen molar-refractivity contribution in [1.29, 1.82) is 5.26 Å². The van der Waals surface area contributed by atoms with Crippen LogP contribution < -0.4 is 4.90 Å². The molecule has 1 aliphatic carbocycles. The van der Waals surface area contributed by atoms with Gasteiger partial charge in [-0.05, 0) is 31.6 Å². The second-order valence-corrected chi connectivity index (χ2v) is 6.24. The number of thiazole rings is 1. The van der Waals surface area contributed by atoms with Crippen LogP contribution in [0.1, 0.15) is 49.1 Å². The molecule has 4 heteroatoms. The van der Waals surface area contributed by atoms with Crippen molar-refractivity contribution in [2.45, 2.75) is 38.5 Å². The Kier molecular flexibility index (Phi) is 2.79. The van der Waals surface area contributed by atoms with Crippen molar-refractivity contribution in [3.05, 3.63) is 10.6 Å². The molecule has 2 heterocycles. The molecule has 90 valence electrons. The van der Waals surface area contributed by atoms with E-state index in [9.17, 15) is 0 Å². The zero-order valence-corrected chi connectivity index (χ0v) is 11.0. The van der Waals surface area contributed by atoms with Crippen molar-refractivity contribution in [2.24, 2.45) is 5.92 Å². The Balaban J connectivity index is 1.81. The first kappa shape index (κ1) is 11.0. The van der Waals surface area contributed by atoms with Crippen molar-refractivity contribution in [3.8, 4) is 6.07 Å². The normalized spacial score (nSPS) is 21.5. The summed E-state index contributed by atoms with van der Waals surface area (Å²) in [6, 6.07) is 2.31. The Morgan fingerprint density at radius 1 is 1.29 bits per heavy atom. The second kappa shape index (κ2) is 4.30. The molecule has 0 unspecified atom stereocenters. The largest absolute Gasteiger partial charge is 0.348 e. The van der Waals surface area contributed by atoms with Gasteiger partial charge in [0.2, 0.25) is 0 Å². The SMILES string of the molecule is CC1CCN(c2nc(C3CC3)c(C#N)s2)CC1. The van der Waals surface area contributed by atoms with Gasteiger partial charge in [0.05, 0.1) is 5.69 Å². The van der Waals surface area contributed by atoms with Crippen LogP contribution >= 0.6 is 11.3 Å². The Labute approximate surface area is 106 Å². The van der Waals surface area contributed by atoms with Crippen LogP contribution in [-0.2, 0) is 0 Å². The summed E-state index contributed by atoms with van der Waals surface area (Å²) in [5.74, 6) is 1.42. The zero-order valence-electron chi connectivity index (χ0n) is 10.1. The van der Waals surface area contributed by atoms with E-state index in [0.717, 1.165) is 34.7 Å². The van der Waals surface area contributed by atoms with Crippen LogP contribution in [0, 0.1) is 17.2 Å². The van der Waals surface area contributed by atoms with Gasteiger partial charge in [-0.25, -0.2) is 4.98 Å². The van der Waals surface area contributed by atoms with Crippen molar-refractivity contribution < 1.29 is 0 Å². The lowest BCUT2D eigenvalue weighted by atomic mass is 10.00. The van der Waals surface area contributed by atoms with Gasteiger partial charge < -0.3 is 4.90 Å². The van der Waals surface area contributed by atoms with Gasteiger partial charge >= 0.3 is 0 Å². The summed E-state index contributed by atoms with van der Waals surface area (Å²) < 4.78 is 0. The van der Waals surface area contributed by atoms with Crippen LogP contribution in [0.15, 0.2) is 0 Å². The molecule has 1 aromatic heterocycles. The maximum Gasteiger partial charge on any atom is 0.186 e. The monoisotopic (exact) mass is 247 g/mol. The van der Waals surface area contributed by atoms with Crippen molar-refractivity contribution in [2.75, 3.05) is 18.0 Å². The van der Waals surface area contributed by atoms with E-state index in [2.05, 4.69) is 17.9 Å². The number of aromatic nitrogens is 1. The number of hydrogen-bond acceptors (Lipinski definition) is 4. The first-order valence-electron chi connectivity index (χ1n) is 6.43. The molecule has 0 radical (unpaired) electrons. The smallest absolute Gasteiger partial charge is 0.186 e. The average molecular weight is 247 g/mol. The summed E-state index contributed by atoms with van der Waals surface area (Å²) in [7, 11) is 0. The first-order chi connectivity index (χ1) is 8.28. The molecule has 1 aromatic rings. The molecule has 2 fully saturated rings. The molecule has 0 atom stereocenters. The molecule has 1 saturated carbocycles. The molecular weight excluding hydrogens is 230 g/mol. The highest BCUT2D eigenvalue weighted by molar-refractivity contribution is 7.16. The summed E-state index contributed by atoms with van der Waals surface area (Å²) in [5.41, 5.74) is 1.08. The van der Waals surface area contributed by atoms with Crippen LogP contribution in [0.25, 0.3) is 0 Å². The zero-order chi connectivity index (χ0) is 11.8. The summed E-state index contributed by atoms with van der Waals surface area (Å²) in [6.45, 7) is 4.52. The minimum atomic E-state index is 0.582. The molecule has 0 N–H and O–H groups in total. The molecule has 1 saturated heterocycles. The molecule has 1 aliphatic heterocycles. The fourth-order valence-corrected chi connectivity index (χ4v) is 3.37. The van der Waals surface area contributed by atoms with Gasteiger partial charge in [-0.3, -0.25) is 0 Å². The lowest BCUT2D eigenvalue weighted by Gasteiger charge is -2.29. The number of nitrogens with zero attached hydrogens (tertiary/aromatic N) is 3. The van der Waals surface area contributed by atoms with Gasteiger partial charge in [-0.1, -0.05) is 18.3 Å². The number of hydrogen-bond donors (Lipinski definition) is 0. The van der Waals surface area contributed by atoms with Crippen molar-refractivity contribution in [1.82, 2.24) is 4.98 Å². The van der Waals surface area contributed by atoms with Crippen LogP contribution in [0.2, 0.25) is 0 Å². The van der Waals surface area contributed by atoms with E-state index in [1.807, 2.05) is 0 Å². The highest BCUT2D eigenvalue weighted by Gasteiger charge is 2.31. The van der Waals surface area contributed by atoms with Gasteiger partial charge in [0.15, 0.2) is 5.13 Å². The molecule has 0 aromatic carbocycles. The second-order valence-electron chi connectivity index (χ2n) is 5.27. The van der Waals surface area contributed by atoms with Gasteiger partial charge in [0, 0.05) is 19.0 Å². The third kappa shape index (κ3) is 2.16. The Bertz CT molecular complexity index is 448. The quantitative estimate of drug-likeness (QED) is 0.806. The van der Waals surface area contributed by atoms with Gasteiger partial charge in [0.1, 0.15) is 10.9 Å². The Hall–Kier alpha value is -1.08. The molecular formula is C13H17N3S. The molecule has 17 heavy (non-hydrogen) atoms. The number of anilines is 1. The minimum absolute atomic E-state index is 0.582. The maximum atomic E-state index is 9.15. The van der Waals surface area contributed by atoms with Crippen molar-refractivity contribution in [3.63, 3.8) is 0 Å². The van der Waals surface area contributed by atoms with E-state index in [1.165, 1.54) is 25.7 Å². The van der Waals surface area contributed by atoms with Crippen LogP contribution in [0.3, 0.4) is 0 Å². The predicted molar refractivity (Wildman–Crippen MR) is 69.4 cm³/mol. The van der Waals surface area contributed by atoms with Crippen LogP contribution in [0.4, 0.5) is 5.13 Å². The van der Waals surface area contributed by atoms with E-state index in [0.29, 0.717) is 5.92 Å².